The summed E-state index contributed by atoms with van der Waals surface area (Å²) in [5, 5.41) is 16.5. The molecule has 1 saturated heterocycles. The summed E-state index contributed by atoms with van der Waals surface area (Å²) in [5.74, 6) is -0.437. The SMILES string of the molecule is C[C@H](NC(=O)c1c(NS(=O)(=O)c2ccc(C#N)cc2)c(C2CCOCC2)nn1C)C(C)(C)C. The van der Waals surface area contributed by atoms with E-state index in [1.54, 1.807) is 7.05 Å². The van der Waals surface area contributed by atoms with Gasteiger partial charge in [0.2, 0.25) is 0 Å². The van der Waals surface area contributed by atoms with Crippen molar-refractivity contribution < 1.29 is 17.9 Å². The van der Waals surface area contributed by atoms with Crippen molar-refractivity contribution in [3.63, 3.8) is 0 Å². The maximum atomic E-state index is 13.3. The number of aromatic nitrogens is 2. The van der Waals surface area contributed by atoms with E-state index in [9.17, 15) is 13.2 Å². The number of benzene rings is 1. The van der Waals surface area contributed by atoms with Crippen molar-refractivity contribution in [1.29, 1.82) is 5.26 Å². The van der Waals surface area contributed by atoms with Gasteiger partial charge < -0.3 is 10.1 Å². The summed E-state index contributed by atoms with van der Waals surface area (Å²) in [5.41, 5.74) is 1.05. The predicted octanol–water partition coefficient (Wildman–Crippen LogP) is 3.15. The minimum atomic E-state index is -4.02. The molecule has 1 atom stereocenters. The van der Waals surface area contributed by atoms with E-state index in [2.05, 4.69) is 15.1 Å². The fourth-order valence-electron chi connectivity index (χ4n) is 3.55. The topological polar surface area (TPSA) is 126 Å². The smallest absolute Gasteiger partial charge is 0.271 e. The minimum absolute atomic E-state index is 0.00213. The average molecular weight is 474 g/mol. The Labute approximate surface area is 195 Å². The van der Waals surface area contributed by atoms with E-state index in [1.807, 2.05) is 33.8 Å². The molecule has 10 heteroatoms. The van der Waals surface area contributed by atoms with E-state index in [1.165, 1.54) is 28.9 Å². The Kier molecular flexibility index (Phi) is 7.14. The van der Waals surface area contributed by atoms with E-state index < -0.39 is 15.9 Å². The number of rotatable bonds is 6. The molecule has 2 N–H and O–H groups in total. The maximum Gasteiger partial charge on any atom is 0.271 e. The second-order valence-corrected chi connectivity index (χ2v) is 11.1. The molecule has 9 nitrogen and oxygen atoms in total. The largest absolute Gasteiger partial charge is 0.381 e. The summed E-state index contributed by atoms with van der Waals surface area (Å²) >= 11 is 0. The molecule has 1 fully saturated rings. The van der Waals surface area contributed by atoms with Gasteiger partial charge >= 0.3 is 0 Å². The number of nitrogens with one attached hydrogen (secondary N) is 2. The third-order valence-electron chi connectivity index (χ3n) is 6.07. The first-order valence-corrected chi connectivity index (χ1v) is 12.4. The zero-order valence-corrected chi connectivity index (χ0v) is 20.5. The van der Waals surface area contributed by atoms with Crippen LogP contribution in [0.2, 0.25) is 0 Å². The summed E-state index contributed by atoms with van der Waals surface area (Å²) in [6.07, 6.45) is 1.37. The van der Waals surface area contributed by atoms with Crippen LogP contribution in [0.1, 0.15) is 68.2 Å². The van der Waals surface area contributed by atoms with Crippen molar-refractivity contribution in [2.75, 3.05) is 17.9 Å². The summed E-state index contributed by atoms with van der Waals surface area (Å²) in [6.45, 7) is 9.06. The molecule has 1 aliphatic heterocycles. The number of nitrogens with zero attached hydrogens (tertiary/aromatic N) is 3. The van der Waals surface area contributed by atoms with Gasteiger partial charge in [-0.2, -0.15) is 10.4 Å². The van der Waals surface area contributed by atoms with E-state index >= 15 is 0 Å². The highest BCUT2D eigenvalue weighted by molar-refractivity contribution is 7.92. The van der Waals surface area contributed by atoms with E-state index in [4.69, 9.17) is 10.00 Å². The van der Waals surface area contributed by atoms with Crippen LogP contribution in [0, 0.1) is 16.7 Å². The lowest BCUT2D eigenvalue weighted by Gasteiger charge is -2.28. The third kappa shape index (κ3) is 5.54. The fourth-order valence-corrected chi connectivity index (χ4v) is 4.63. The van der Waals surface area contributed by atoms with Gasteiger partial charge in [0.05, 0.1) is 22.2 Å². The van der Waals surface area contributed by atoms with Crippen LogP contribution in [0.15, 0.2) is 29.2 Å². The number of aryl methyl sites for hydroxylation is 1. The highest BCUT2D eigenvalue weighted by atomic mass is 32.2. The number of nitriles is 1. The second-order valence-electron chi connectivity index (χ2n) is 9.42. The van der Waals surface area contributed by atoms with Crippen molar-refractivity contribution in [3.05, 3.63) is 41.2 Å². The Hall–Kier alpha value is -2.90. The van der Waals surface area contributed by atoms with Crippen molar-refractivity contribution >= 4 is 21.6 Å². The van der Waals surface area contributed by atoms with E-state index in [0.29, 0.717) is 37.3 Å². The molecule has 0 radical (unpaired) electrons. The number of carbonyl (C=O) groups excluding carboxylic acids is 1. The number of sulfonamides is 1. The highest BCUT2D eigenvalue weighted by Gasteiger charge is 2.32. The normalized spacial score (nSPS) is 16.1. The van der Waals surface area contributed by atoms with Crippen LogP contribution < -0.4 is 10.0 Å². The molecule has 0 aliphatic carbocycles. The minimum Gasteiger partial charge on any atom is -0.381 e. The van der Waals surface area contributed by atoms with Crippen molar-refractivity contribution in [2.45, 2.75) is 57.4 Å². The highest BCUT2D eigenvalue weighted by Crippen LogP contribution is 2.35. The number of amides is 1. The van der Waals surface area contributed by atoms with Gasteiger partial charge in [-0.25, -0.2) is 8.42 Å². The lowest BCUT2D eigenvalue weighted by Crippen LogP contribution is -2.42. The van der Waals surface area contributed by atoms with Crippen LogP contribution in [0.3, 0.4) is 0 Å². The molecule has 3 rings (SSSR count). The van der Waals surface area contributed by atoms with Gasteiger partial charge in [-0.3, -0.25) is 14.2 Å². The van der Waals surface area contributed by atoms with E-state index in [-0.39, 0.29) is 33.7 Å². The quantitative estimate of drug-likeness (QED) is 0.664. The molecule has 2 aromatic rings. The summed E-state index contributed by atoms with van der Waals surface area (Å²) in [4.78, 5) is 13.3. The molecule has 2 heterocycles. The van der Waals surface area contributed by atoms with Gasteiger partial charge in [-0.05, 0) is 49.4 Å². The molecule has 0 spiro atoms. The van der Waals surface area contributed by atoms with Crippen LogP contribution in [0.4, 0.5) is 5.69 Å². The molecule has 0 saturated carbocycles. The van der Waals surface area contributed by atoms with Gasteiger partial charge in [0.1, 0.15) is 11.4 Å². The molecule has 1 aliphatic rings. The van der Waals surface area contributed by atoms with Crippen LogP contribution in [-0.2, 0) is 21.8 Å². The first-order valence-electron chi connectivity index (χ1n) is 10.9. The number of anilines is 1. The Balaban J connectivity index is 2.04. The van der Waals surface area contributed by atoms with Gasteiger partial charge in [0, 0.05) is 32.2 Å². The monoisotopic (exact) mass is 473 g/mol. The maximum absolute atomic E-state index is 13.3. The van der Waals surface area contributed by atoms with Crippen LogP contribution in [-0.4, -0.2) is 43.4 Å². The molecular formula is C23H31N5O4S. The zero-order chi connectivity index (χ0) is 24.4. The fraction of sp³-hybridized carbons (Fsp3) is 0.522. The average Bonchev–Trinajstić information content (AvgIpc) is 3.08. The Morgan fingerprint density at radius 1 is 1.24 bits per heavy atom. The van der Waals surface area contributed by atoms with Crippen LogP contribution in [0.5, 0.6) is 0 Å². The van der Waals surface area contributed by atoms with Crippen molar-refractivity contribution in [1.82, 2.24) is 15.1 Å². The second kappa shape index (κ2) is 9.53. The lowest BCUT2D eigenvalue weighted by molar-refractivity contribution is 0.0845. The first kappa shape index (κ1) is 24.7. The van der Waals surface area contributed by atoms with Crippen molar-refractivity contribution in [3.8, 4) is 6.07 Å². The third-order valence-corrected chi connectivity index (χ3v) is 7.44. The van der Waals surface area contributed by atoms with Crippen molar-refractivity contribution in [2.24, 2.45) is 12.5 Å². The molecular weight excluding hydrogens is 442 g/mol. The summed E-state index contributed by atoms with van der Waals surface area (Å²) < 4.78 is 35.9. The lowest BCUT2D eigenvalue weighted by atomic mass is 9.88. The Bertz CT molecular complexity index is 1150. The van der Waals surface area contributed by atoms with Gasteiger partial charge in [-0.1, -0.05) is 20.8 Å². The first-order chi connectivity index (χ1) is 15.4. The van der Waals surface area contributed by atoms with Gasteiger partial charge in [0.15, 0.2) is 0 Å². The molecule has 33 heavy (non-hydrogen) atoms. The van der Waals surface area contributed by atoms with Crippen LogP contribution >= 0.6 is 0 Å². The summed E-state index contributed by atoms with van der Waals surface area (Å²) in [6, 6.07) is 7.43. The Morgan fingerprint density at radius 3 is 2.39 bits per heavy atom. The zero-order valence-electron chi connectivity index (χ0n) is 19.7. The molecule has 0 unspecified atom stereocenters. The summed E-state index contributed by atoms with van der Waals surface area (Å²) in [7, 11) is -2.39. The molecule has 178 valence electrons. The van der Waals surface area contributed by atoms with E-state index in [0.717, 1.165) is 0 Å². The number of hydrogen-bond donors (Lipinski definition) is 2. The number of hydrogen-bond acceptors (Lipinski definition) is 6. The molecule has 1 aromatic carbocycles. The molecule has 1 amide bonds. The van der Waals surface area contributed by atoms with Gasteiger partial charge in [-0.15, -0.1) is 0 Å². The molecule has 1 aromatic heterocycles. The standard InChI is InChI=1S/C23H31N5O4S/c1-15(23(2,3)4)25-22(29)21-20(19(26-28(21)5)17-10-12-32-13-11-17)27-33(30,31)18-8-6-16(14-24)7-9-18/h6-9,15,17,27H,10-13H2,1-5H3,(H,25,29)/t15-/m0/s1. The Morgan fingerprint density at radius 2 is 1.85 bits per heavy atom. The number of carbonyl (C=O) groups is 1. The molecule has 0 bridgehead atoms. The van der Waals surface area contributed by atoms with Gasteiger partial charge in [0.25, 0.3) is 15.9 Å². The predicted molar refractivity (Wildman–Crippen MR) is 124 cm³/mol. The van der Waals surface area contributed by atoms with Crippen LogP contribution in [0.25, 0.3) is 0 Å². The number of ether oxygens (including phenoxy) is 1.